The molecule has 186 valence electrons. The Bertz CT molecular complexity index is 1420. The van der Waals surface area contributed by atoms with E-state index in [4.69, 9.17) is 4.74 Å². The highest BCUT2D eigenvalue weighted by Gasteiger charge is 2.35. The number of esters is 1. The number of nitrogens with zero attached hydrogens (tertiary/aromatic N) is 4. The lowest BCUT2D eigenvalue weighted by atomic mass is 10.1. The maximum Gasteiger partial charge on any atom is 0.418 e. The highest BCUT2D eigenvalue weighted by atomic mass is 19.4. The van der Waals surface area contributed by atoms with Crippen molar-refractivity contribution < 1.29 is 35.9 Å². The first-order valence-electron chi connectivity index (χ1n) is 10.3. The standard InChI is InChI=1S/C23H15F6N5O2/c1-2-36-21(35)20-33-18(31-13-7-5-12(6-8-13)22(24,25)26)14-9-10-16(32-19(14)34-20)17-15(23(27,28)29)4-3-11-30-17/h3-11H,2H2,1H3,(H,31,32,33,34). The van der Waals surface area contributed by atoms with Crippen LogP contribution in [-0.2, 0) is 17.1 Å². The van der Waals surface area contributed by atoms with E-state index in [1.807, 2.05) is 0 Å². The van der Waals surface area contributed by atoms with E-state index in [1.54, 1.807) is 6.92 Å². The van der Waals surface area contributed by atoms with Gasteiger partial charge in [-0.05, 0) is 55.5 Å². The highest BCUT2D eigenvalue weighted by molar-refractivity contribution is 5.94. The third-order valence-corrected chi connectivity index (χ3v) is 4.85. The Labute approximate surface area is 199 Å². The first-order chi connectivity index (χ1) is 17.0. The summed E-state index contributed by atoms with van der Waals surface area (Å²) >= 11 is 0. The number of hydrogen-bond donors (Lipinski definition) is 1. The Balaban J connectivity index is 1.83. The van der Waals surface area contributed by atoms with E-state index < -0.39 is 41.0 Å². The van der Waals surface area contributed by atoms with Crippen LogP contribution in [0.5, 0.6) is 0 Å². The Morgan fingerprint density at radius 2 is 1.64 bits per heavy atom. The molecule has 3 heterocycles. The summed E-state index contributed by atoms with van der Waals surface area (Å²) < 4.78 is 84.0. The van der Waals surface area contributed by atoms with Crippen LogP contribution < -0.4 is 5.32 Å². The first kappa shape index (κ1) is 24.8. The number of ether oxygens (including phenoxy) is 1. The van der Waals surface area contributed by atoms with Gasteiger partial charge in [0.05, 0.1) is 28.8 Å². The average molecular weight is 507 g/mol. The van der Waals surface area contributed by atoms with Crippen molar-refractivity contribution in [2.75, 3.05) is 11.9 Å². The zero-order valence-corrected chi connectivity index (χ0v) is 18.3. The van der Waals surface area contributed by atoms with Crippen molar-refractivity contribution in [3.05, 3.63) is 71.7 Å². The average Bonchev–Trinajstić information content (AvgIpc) is 2.83. The highest BCUT2D eigenvalue weighted by Crippen LogP contribution is 2.36. The number of carbonyl (C=O) groups is 1. The molecule has 7 nitrogen and oxygen atoms in total. The molecule has 1 aromatic carbocycles. The van der Waals surface area contributed by atoms with Crippen molar-refractivity contribution in [1.82, 2.24) is 19.9 Å². The molecule has 0 unspecified atom stereocenters. The summed E-state index contributed by atoms with van der Waals surface area (Å²) in [5.41, 5.74) is -2.44. The number of anilines is 2. The zero-order valence-electron chi connectivity index (χ0n) is 18.3. The van der Waals surface area contributed by atoms with Gasteiger partial charge < -0.3 is 10.1 Å². The van der Waals surface area contributed by atoms with Crippen LogP contribution in [0.25, 0.3) is 22.4 Å². The van der Waals surface area contributed by atoms with Gasteiger partial charge in [0.2, 0.25) is 5.82 Å². The number of benzene rings is 1. The molecule has 0 amide bonds. The molecule has 0 spiro atoms. The van der Waals surface area contributed by atoms with Crippen molar-refractivity contribution in [2.24, 2.45) is 0 Å². The summed E-state index contributed by atoms with van der Waals surface area (Å²) in [4.78, 5) is 28.4. The Hall–Kier alpha value is -4.29. The second-order valence-corrected chi connectivity index (χ2v) is 7.28. The van der Waals surface area contributed by atoms with Crippen LogP contribution in [0.3, 0.4) is 0 Å². The number of nitrogens with one attached hydrogen (secondary N) is 1. The Kier molecular flexibility index (Phi) is 6.48. The molecular weight excluding hydrogens is 492 g/mol. The van der Waals surface area contributed by atoms with Crippen LogP contribution in [-0.4, -0.2) is 32.5 Å². The molecule has 0 fully saturated rings. The van der Waals surface area contributed by atoms with Gasteiger partial charge in [0.1, 0.15) is 11.5 Å². The second kappa shape index (κ2) is 9.40. The summed E-state index contributed by atoms with van der Waals surface area (Å²) in [6, 6.07) is 8.66. The summed E-state index contributed by atoms with van der Waals surface area (Å²) in [6.07, 6.45) is -8.05. The van der Waals surface area contributed by atoms with Crippen LogP contribution in [0.2, 0.25) is 0 Å². The molecule has 4 rings (SSSR count). The molecule has 13 heteroatoms. The van der Waals surface area contributed by atoms with Gasteiger partial charge in [0.15, 0.2) is 5.65 Å². The number of hydrogen-bond acceptors (Lipinski definition) is 7. The van der Waals surface area contributed by atoms with Crippen molar-refractivity contribution >= 4 is 28.5 Å². The minimum absolute atomic E-state index is 0.00174. The van der Waals surface area contributed by atoms with Gasteiger partial charge in [-0.2, -0.15) is 26.3 Å². The van der Waals surface area contributed by atoms with Crippen LogP contribution in [0.15, 0.2) is 54.7 Å². The van der Waals surface area contributed by atoms with E-state index in [9.17, 15) is 31.1 Å². The monoisotopic (exact) mass is 507 g/mol. The molecule has 36 heavy (non-hydrogen) atoms. The topological polar surface area (TPSA) is 89.9 Å². The maximum absolute atomic E-state index is 13.5. The summed E-state index contributed by atoms with van der Waals surface area (Å²) in [7, 11) is 0. The summed E-state index contributed by atoms with van der Waals surface area (Å²) in [6.45, 7) is 1.55. The van der Waals surface area contributed by atoms with Gasteiger partial charge >= 0.3 is 18.3 Å². The van der Waals surface area contributed by atoms with E-state index in [-0.39, 0.29) is 34.8 Å². The van der Waals surface area contributed by atoms with Gasteiger partial charge in [-0.15, -0.1) is 0 Å². The minimum Gasteiger partial charge on any atom is -0.460 e. The van der Waals surface area contributed by atoms with E-state index in [0.29, 0.717) is 0 Å². The number of aromatic nitrogens is 4. The Morgan fingerprint density at radius 3 is 2.28 bits per heavy atom. The molecule has 0 saturated carbocycles. The van der Waals surface area contributed by atoms with Crippen LogP contribution in [0.4, 0.5) is 37.8 Å². The number of fused-ring (bicyclic) bond motifs is 1. The number of alkyl halides is 6. The molecule has 1 N–H and O–H groups in total. The predicted octanol–water partition coefficient (Wildman–Crippen LogP) is 6.04. The van der Waals surface area contributed by atoms with E-state index >= 15 is 0 Å². The molecule has 0 atom stereocenters. The Morgan fingerprint density at radius 1 is 0.917 bits per heavy atom. The van der Waals surface area contributed by atoms with E-state index in [0.717, 1.165) is 36.4 Å². The quantitative estimate of drug-likeness (QED) is 0.260. The second-order valence-electron chi connectivity index (χ2n) is 7.28. The van der Waals surface area contributed by atoms with Crippen LogP contribution >= 0.6 is 0 Å². The van der Waals surface area contributed by atoms with Gasteiger partial charge in [0.25, 0.3) is 0 Å². The molecule has 3 aromatic heterocycles. The maximum atomic E-state index is 13.5. The molecule has 0 aliphatic rings. The number of halogens is 6. The summed E-state index contributed by atoms with van der Waals surface area (Å²) in [5.74, 6) is -1.38. The van der Waals surface area contributed by atoms with Crippen molar-refractivity contribution in [3.8, 4) is 11.4 Å². The largest absolute Gasteiger partial charge is 0.460 e. The molecule has 4 aromatic rings. The van der Waals surface area contributed by atoms with Gasteiger partial charge in [-0.1, -0.05) is 0 Å². The fourth-order valence-electron chi connectivity index (χ4n) is 3.24. The number of carbonyl (C=O) groups excluding carboxylic acids is 1. The van der Waals surface area contributed by atoms with Crippen LogP contribution in [0, 0.1) is 0 Å². The lowest BCUT2D eigenvalue weighted by Gasteiger charge is -2.13. The zero-order chi connectivity index (χ0) is 26.1. The minimum atomic E-state index is -4.70. The molecule has 0 radical (unpaired) electrons. The van der Waals surface area contributed by atoms with E-state index in [2.05, 4.69) is 25.3 Å². The molecule has 0 saturated heterocycles. The lowest BCUT2D eigenvalue weighted by Crippen LogP contribution is -2.12. The van der Waals surface area contributed by atoms with Crippen LogP contribution in [0.1, 0.15) is 28.7 Å². The van der Waals surface area contributed by atoms with Gasteiger partial charge in [-0.25, -0.2) is 19.7 Å². The number of pyridine rings is 2. The van der Waals surface area contributed by atoms with Gasteiger partial charge in [0, 0.05) is 11.9 Å². The summed E-state index contributed by atoms with van der Waals surface area (Å²) in [5, 5.41) is 2.99. The van der Waals surface area contributed by atoms with E-state index in [1.165, 1.54) is 18.3 Å². The molecule has 0 bridgehead atoms. The molecular formula is C23H15F6N5O2. The van der Waals surface area contributed by atoms with Crippen molar-refractivity contribution in [2.45, 2.75) is 19.3 Å². The first-order valence-corrected chi connectivity index (χ1v) is 10.3. The van der Waals surface area contributed by atoms with Crippen molar-refractivity contribution in [1.29, 1.82) is 0 Å². The fourth-order valence-corrected chi connectivity index (χ4v) is 3.24. The predicted molar refractivity (Wildman–Crippen MR) is 116 cm³/mol. The van der Waals surface area contributed by atoms with Gasteiger partial charge in [-0.3, -0.25) is 4.98 Å². The SMILES string of the molecule is CCOC(=O)c1nc(Nc2ccc(C(F)(F)F)cc2)c2ccc(-c3ncccc3C(F)(F)F)nc2n1. The van der Waals surface area contributed by atoms with Crippen molar-refractivity contribution in [3.63, 3.8) is 0 Å². The molecule has 0 aliphatic heterocycles. The third-order valence-electron chi connectivity index (χ3n) is 4.85. The molecule has 0 aliphatic carbocycles. The normalized spacial score (nSPS) is 12.0. The number of rotatable bonds is 5. The smallest absolute Gasteiger partial charge is 0.418 e. The third kappa shape index (κ3) is 5.19. The lowest BCUT2D eigenvalue weighted by molar-refractivity contribution is -0.138. The fraction of sp³-hybridized carbons (Fsp3) is 0.174.